The number of halogens is 3. The number of nitrogens with one attached hydrogen (secondary N) is 1. The molecule has 0 amide bonds. The molecule has 14 heteroatoms. The van der Waals surface area contributed by atoms with Gasteiger partial charge in [0.05, 0.1) is 19.9 Å². The van der Waals surface area contributed by atoms with E-state index in [4.69, 9.17) is 14.6 Å². The number of hydrogen-bond acceptors (Lipinski definition) is 8. The lowest BCUT2D eigenvalue weighted by molar-refractivity contribution is -0.192. The number of alkyl halides is 3. The van der Waals surface area contributed by atoms with Gasteiger partial charge in [0.15, 0.2) is 5.78 Å². The van der Waals surface area contributed by atoms with Crippen LogP contribution in [-0.4, -0.2) is 75.7 Å². The molecule has 0 saturated carbocycles. The van der Waals surface area contributed by atoms with Crippen molar-refractivity contribution in [1.29, 1.82) is 0 Å². The summed E-state index contributed by atoms with van der Waals surface area (Å²) in [6, 6.07) is 6.78. The summed E-state index contributed by atoms with van der Waals surface area (Å²) in [5.41, 5.74) is 1.05. The van der Waals surface area contributed by atoms with E-state index in [9.17, 15) is 22.8 Å². The first kappa shape index (κ1) is 28.2. The molecular formula is C24H25F3N6O5. The Labute approximate surface area is 214 Å². The molecule has 0 radical (unpaired) electrons. The summed E-state index contributed by atoms with van der Waals surface area (Å²) in [4.78, 5) is 41.7. The smallest absolute Gasteiger partial charge is 0.490 e. The molecule has 38 heavy (non-hydrogen) atoms. The number of rotatable bonds is 6. The van der Waals surface area contributed by atoms with Crippen molar-refractivity contribution in [2.24, 2.45) is 0 Å². The maximum Gasteiger partial charge on any atom is 0.490 e. The molecule has 0 aliphatic carbocycles. The van der Waals surface area contributed by atoms with Crippen molar-refractivity contribution in [2.75, 3.05) is 38.2 Å². The van der Waals surface area contributed by atoms with Gasteiger partial charge in [-0.1, -0.05) is 5.92 Å². The summed E-state index contributed by atoms with van der Waals surface area (Å²) in [7, 11) is 1.57. The number of fused-ring (bicyclic) bond motifs is 1. The zero-order valence-corrected chi connectivity index (χ0v) is 20.6. The van der Waals surface area contributed by atoms with Gasteiger partial charge in [0.25, 0.3) is 5.56 Å². The molecule has 0 spiro atoms. The summed E-state index contributed by atoms with van der Waals surface area (Å²) in [6.45, 7) is 5.23. The number of piperazine rings is 1. The minimum Gasteiger partial charge on any atom is -0.497 e. The molecule has 3 aromatic rings. The summed E-state index contributed by atoms with van der Waals surface area (Å²) >= 11 is 0. The van der Waals surface area contributed by atoms with Crippen LogP contribution in [0.1, 0.15) is 17.3 Å². The topological polar surface area (TPSA) is 132 Å². The minimum absolute atomic E-state index is 0.158. The predicted octanol–water partition coefficient (Wildman–Crippen LogP) is 1.55. The number of ether oxygens (including phenoxy) is 1. The number of benzene rings is 1. The van der Waals surface area contributed by atoms with Crippen molar-refractivity contribution in [3.63, 3.8) is 0 Å². The fourth-order valence-electron chi connectivity index (χ4n) is 3.60. The standard InChI is InChI=1S/C22H24N6O3.C2HF3O2/c1-3-4-11-27-20-18(25-22(27)26-12-9-23-10-13-26)14-24-28(21(20)30)15-19(29)16-5-7-17(31-2)8-6-16;3-2(4,5)1(6)7/h5-8,14,23H,9-13,15H2,1-2H3;(H,6,7). The Bertz CT molecular complexity index is 1410. The van der Waals surface area contributed by atoms with E-state index in [1.165, 1.54) is 4.68 Å². The number of nitrogens with zero attached hydrogens (tertiary/aromatic N) is 5. The number of carboxylic acids is 1. The van der Waals surface area contributed by atoms with Gasteiger partial charge in [0.1, 0.15) is 23.3 Å². The van der Waals surface area contributed by atoms with Gasteiger partial charge in [-0.15, -0.1) is 5.92 Å². The van der Waals surface area contributed by atoms with E-state index in [-0.39, 0.29) is 17.9 Å². The first-order chi connectivity index (χ1) is 18.1. The first-order valence-electron chi connectivity index (χ1n) is 11.4. The lowest BCUT2D eigenvalue weighted by Gasteiger charge is -2.28. The van der Waals surface area contributed by atoms with Crippen LogP contribution in [0.4, 0.5) is 19.1 Å². The highest BCUT2D eigenvalue weighted by atomic mass is 19.4. The lowest BCUT2D eigenvalue weighted by atomic mass is 10.1. The van der Waals surface area contributed by atoms with E-state index >= 15 is 0 Å². The van der Waals surface area contributed by atoms with Crippen LogP contribution in [0.25, 0.3) is 11.0 Å². The van der Waals surface area contributed by atoms with Gasteiger partial charge < -0.3 is 20.1 Å². The summed E-state index contributed by atoms with van der Waals surface area (Å²) < 4.78 is 39.9. The quantitative estimate of drug-likeness (QED) is 0.357. The molecule has 1 saturated heterocycles. The zero-order valence-electron chi connectivity index (χ0n) is 20.6. The minimum atomic E-state index is -5.08. The van der Waals surface area contributed by atoms with Gasteiger partial charge in [-0.2, -0.15) is 18.3 Å². The van der Waals surface area contributed by atoms with Crippen LogP contribution in [0, 0.1) is 11.8 Å². The van der Waals surface area contributed by atoms with E-state index in [1.54, 1.807) is 44.5 Å². The zero-order chi connectivity index (χ0) is 27.9. The average molecular weight is 534 g/mol. The molecule has 202 valence electrons. The lowest BCUT2D eigenvalue weighted by Crippen LogP contribution is -2.44. The van der Waals surface area contributed by atoms with Crippen LogP contribution in [0.5, 0.6) is 5.75 Å². The second-order valence-electron chi connectivity index (χ2n) is 7.96. The fraction of sp³-hybridized carbons (Fsp3) is 0.375. The number of methoxy groups -OCH3 is 1. The maximum absolute atomic E-state index is 13.3. The van der Waals surface area contributed by atoms with Crippen LogP contribution in [-0.2, 0) is 17.9 Å². The number of carbonyl (C=O) groups excluding carboxylic acids is 1. The molecule has 3 heterocycles. The van der Waals surface area contributed by atoms with Gasteiger partial charge in [0, 0.05) is 31.7 Å². The Morgan fingerprint density at radius 3 is 2.37 bits per heavy atom. The molecule has 0 unspecified atom stereocenters. The van der Waals surface area contributed by atoms with Gasteiger partial charge in [0.2, 0.25) is 5.95 Å². The highest BCUT2D eigenvalue weighted by Gasteiger charge is 2.38. The Hall–Kier alpha value is -4.38. The Kier molecular flexibility index (Phi) is 9.08. The number of ketones is 1. The van der Waals surface area contributed by atoms with Crippen LogP contribution in [0.3, 0.4) is 0 Å². The number of imidazole rings is 1. The number of hydrogen-bond donors (Lipinski definition) is 2. The Balaban J connectivity index is 0.000000505. The van der Waals surface area contributed by atoms with Gasteiger partial charge >= 0.3 is 12.1 Å². The number of carboxylic acid groups (broad SMARTS) is 1. The van der Waals surface area contributed by atoms with Crippen LogP contribution < -0.4 is 20.5 Å². The molecule has 4 rings (SSSR count). The van der Waals surface area contributed by atoms with Gasteiger partial charge in [-0.3, -0.25) is 14.2 Å². The van der Waals surface area contributed by atoms with Crippen molar-refractivity contribution in [3.8, 4) is 17.6 Å². The largest absolute Gasteiger partial charge is 0.497 e. The summed E-state index contributed by atoms with van der Waals surface area (Å²) in [5.74, 6) is 4.31. The van der Waals surface area contributed by atoms with Crippen LogP contribution in [0.15, 0.2) is 35.3 Å². The molecular weight excluding hydrogens is 509 g/mol. The predicted molar refractivity (Wildman–Crippen MR) is 131 cm³/mol. The average Bonchev–Trinajstić information content (AvgIpc) is 3.28. The molecule has 1 aliphatic heterocycles. The molecule has 1 aromatic carbocycles. The highest BCUT2D eigenvalue weighted by Crippen LogP contribution is 2.20. The molecule has 11 nitrogen and oxygen atoms in total. The monoisotopic (exact) mass is 534 g/mol. The molecule has 2 N–H and O–H groups in total. The highest BCUT2D eigenvalue weighted by molar-refractivity contribution is 5.96. The molecule has 1 aliphatic rings. The summed E-state index contributed by atoms with van der Waals surface area (Å²) in [6.07, 6.45) is -3.54. The van der Waals surface area contributed by atoms with E-state index in [0.29, 0.717) is 34.8 Å². The number of anilines is 1. The molecule has 0 bridgehead atoms. The van der Waals surface area contributed by atoms with Gasteiger partial charge in [-0.25, -0.2) is 14.5 Å². The van der Waals surface area contributed by atoms with Crippen LogP contribution in [0.2, 0.25) is 0 Å². The SMILES string of the molecule is CC#CCn1c(N2CCNCC2)nc2cnn(CC(=O)c3ccc(OC)cc3)c(=O)c21.O=C(O)C(F)(F)F. The fourth-order valence-corrected chi connectivity index (χ4v) is 3.60. The molecule has 0 atom stereocenters. The number of aliphatic carboxylic acids is 1. The maximum atomic E-state index is 13.3. The van der Waals surface area contributed by atoms with E-state index in [2.05, 4.69) is 32.1 Å². The molecule has 1 fully saturated rings. The van der Waals surface area contributed by atoms with Crippen molar-refractivity contribution in [2.45, 2.75) is 26.2 Å². The van der Waals surface area contributed by atoms with E-state index in [1.807, 2.05) is 4.57 Å². The van der Waals surface area contributed by atoms with Crippen molar-refractivity contribution < 1.29 is 32.6 Å². The van der Waals surface area contributed by atoms with E-state index < -0.39 is 12.1 Å². The normalized spacial score (nSPS) is 13.2. The second kappa shape index (κ2) is 12.2. The van der Waals surface area contributed by atoms with Crippen LogP contribution >= 0.6 is 0 Å². The first-order valence-corrected chi connectivity index (χ1v) is 11.4. The third-order valence-electron chi connectivity index (χ3n) is 5.49. The Morgan fingerprint density at radius 2 is 1.82 bits per heavy atom. The second-order valence-corrected chi connectivity index (χ2v) is 7.96. The van der Waals surface area contributed by atoms with Crippen molar-refractivity contribution in [3.05, 3.63) is 46.4 Å². The summed E-state index contributed by atoms with van der Waals surface area (Å²) in [5, 5.41) is 14.6. The number of carbonyl (C=O) groups is 2. The Morgan fingerprint density at radius 1 is 1.18 bits per heavy atom. The number of aromatic nitrogens is 4. The molecule has 2 aromatic heterocycles. The third kappa shape index (κ3) is 6.68. The van der Waals surface area contributed by atoms with E-state index in [0.717, 1.165) is 26.2 Å². The van der Waals surface area contributed by atoms with Crippen molar-refractivity contribution in [1.82, 2.24) is 24.6 Å². The third-order valence-corrected chi connectivity index (χ3v) is 5.49. The number of Topliss-reactive ketones (excluding diaryl/α,β-unsaturated/α-hetero) is 1. The van der Waals surface area contributed by atoms with Crippen molar-refractivity contribution >= 4 is 28.7 Å². The van der Waals surface area contributed by atoms with Gasteiger partial charge in [-0.05, 0) is 31.2 Å².